The summed E-state index contributed by atoms with van der Waals surface area (Å²) in [5.41, 5.74) is 1.25. The topological polar surface area (TPSA) is 28.6 Å². The summed E-state index contributed by atoms with van der Waals surface area (Å²) in [6.45, 7) is 11.9. The van der Waals surface area contributed by atoms with Gasteiger partial charge in [0, 0.05) is 31.1 Å². The summed E-state index contributed by atoms with van der Waals surface area (Å²) in [4.78, 5) is 10.00. The lowest BCUT2D eigenvalue weighted by atomic mass is 10.0. The van der Waals surface area contributed by atoms with Crippen molar-refractivity contribution in [2.45, 2.75) is 45.2 Å². The highest BCUT2D eigenvalue weighted by Gasteiger charge is 2.26. The molecule has 0 aliphatic carbocycles. The van der Waals surface area contributed by atoms with Gasteiger partial charge in [-0.15, -0.1) is 11.3 Å². The van der Waals surface area contributed by atoms with Gasteiger partial charge in [0.15, 0.2) is 0 Å². The Kier molecular flexibility index (Phi) is 5.27. The van der Waals surface area contributed by atoms with Crippen LogP contribution in [0.2, 0.25) is 0 Å². The van der Waals surface area contributed by atoms with E-state index in [4.69, 9.17) is 9.72 Å². The molecule has 2 saturated heterocycles. The van der Waals surface area contributed by atoms with E-state index >= 15 is 0 Å². The minimum atomic E-state index is 0.539. The van der Waals surface area contributed by atoms with Crippen molar-refractivity contribution < 1.29 is 4.74 Å². The van der Waals surface area contributed by atoms with E-state index in [2.05, 4.69) is 29.0 Å². The zero-order valence-electron chi connectivity index (χ0n) is 13.3. The van der Waals surface area contributed by atoms with E-state index < -0.39 is 0 Å². The molecule has 2 aliphatic heterocycles. The summed E-state index contributed by atoms with van der Waals surface area (Å²) in [5.74, 6) is 0.539. The normalized spacial score (nSPS) is 25.6. The predicted molar refractivity (Wildman–Crippen MR) is 86.9 cm³/mol. The Morgan fingerprint density at radius 3 is 2.86 bits per heavy atom. The quantitative estimate of drug-likeness (QED) is 0.855. The molecule has 0 radical (unpaired) electrons. The smallest absolute Gasteiger partial charge is 0.107 e. The fourth-order valence-corrected chi connectivity index (χ4v) is 4.27. The van der Waals surface area contributed by atoms with Gasteiger partial charge in [0.1, 0.15) is 5.01 Å². The van der Waals surface area contributed by atoms with E-state index in [0.717, 1.165) is 32.8 Å². The molecule has 5 heteroatoms. The highest BCUT2D eigenvalue weighted by Crippen LogP contribution is 2.22. The Morgan fingerprint density at radius 2 is 2.14 bits per heavy atom. The lowest BCUT2D eigenvalue weighted by Gasteiger charge is -2.40. The van der Waals surface area contributed by atoms with Crippen LogP contribution in [0.25, 0.3) is 0 Å². The highest BCUT2D eigenvalue weighted by molar-refractivity contribution is 7.09. The van der Waals surface area contributed by atoms with Gasteiger partial charge >= 0.3 is 0 Å². The number of nitrogens with zero attached hydrogens (tertiary/aromatic N) is 3. The van der Waals surface area contributed by atoms with E-state index in [-0.39, 0.29) is 0 Å². The molecule has 0 saturated carbocycles. The molecule has 0 N–H and O–H groups in total. The van der Waals surface area contributed by atoms with Gasteiger partial charge in [0.2, 0.25) is 0 Å². The maximum Gasteiger partial charge on any atom is 0.107 e. The monoisotopic (exact) mass is 309 g/mol. The molecule has 0 bridgehead atoms. The Bertz CT molecular complexity index is 442. The van der Waals surface area contributed by atoms with Crippen molar-refractivity contribution in [1.29, 1.82) is 0 Å². The van der Waals surface area contributed by atoms with Crippen LogP contribution in [-0.2, 0) is 11.3 Å². The van der Waals surface area contributed by atoms with E-state index in [1.54, 1.807) is 0 Å². The van der Waals surface area contributed by atoms with Crippen LogP contribution in [0.3, 0.4) is 0 Å². The Hall–Kier alpha value is -0.490. The molecule has 1 atom stereocenters. The molecule has 0 aromatic carbocycles. The predicted octanol–water partition coefficient (Wildman–Crippen LogP) is 2.56. The average Bonchev–Trinajstić information content (AvgIpc) is 2.97. The van der Waals surface area contributed by atoms with E-state index in [1.807, 2.05) is 11.3 Å². The van der Waals surface area contributed by atoms with Gasteiger partial charge in [0.25, 0.3) is 0 Å². The third-order valence-electron chi connectivity index (χ3n) is 4.56. The number of likely N-dealkylation sites (tertiary alicyclic amines) is 1. The number of ether oxygens (including phenoxy) is 1. The van der Waals surface area contributed by atoms with Gasteiger partial charge in [-0.05, 0) is 25.3 Å². The third kappa shape index (κ3) is 4.03. The Balaban J connectivity index is 1.55. The van der Waals surface area contributed by atoms with Crippen LogP contribution in [0, 0.1) is 0 Å². The van der Waals surface area contributed by atoms with Crippen molar-refractivity contribution in [1.82, 2.24) is 14.8 Å². The van der Waals surface area contributed by atoms with Crippen molar-refractivity contribution in [2.24, 2.45) is 0 Å². The van der Waals surface area contributed by atoms with Gasteiger partial charge in [-0.1, -0.05) is 13.8 Å². The summed E-state index contributed by atoms with van der Waals surface area (Å²) in [7, 11) is 0. The summed E-state index contributed by atoms with van der Waals surface area (Å²) < 4.78 is 5.47. The molecule has 2 aliphatic rings. The number of hydrogen-bond acceptors (Lipinski definition) is 5. The maximum atomic E-state index is 5.47. The van der Waals surface area contributed by atoms with Gasteiger partial charge in [-0.3, -0.25) is 9.80 Å². The summed E-state index contributed by atoms with van der Waals surface area (Å²) in [6, 6.07) is 0.715. The first-order valence-electron chi connectivity index (χ1n) is 8.21. The van der Waals surface area contributed by atoms with Crippen LogP contribution in [0.1, 0.15) is 43.3 Å². The lowest BCUT2D eigenvalue weighted by molar-refractivity contribution is -0.00359. The van der Waals surface area contributed by atoms with Crippen LogP contribution >= 0.6 is 11.3 Å². The van der Waals surface area contributed by atoms with E-state index in [1.165, 1.54) is 36.6 Å². The second-order valence-electron chi connectivity index (χ2n) is 6.50. The SMILES string of the molecule is CC(C)c1csc(CN2CCC[C@@H](N3CCOCC3)C2)n1. The molecule has 2 fully saturated rings. The molecular weight excluding hydrogens is 282 g/mol. The van der Waals surface area contributed by atoms with Crippen LogP contribution in [0.15, 0.2) is 5.38 Å². The first-order chi connectivity index (χ1) is 10.2. The Labute approximate surface area is 132 Å². The summed E-state index contributed by atoms with van der Waals surface area (Å²) in [5, 5.41) is 3.50. The minimum Gasteiger partial charge on any atom is -0.379 e. The van der Waals surface area contributed by atoms with Crippen LogP contribution in [0.4, 0.5) is 0 Å². The van der Waals surface area contributed by atoms with Crippen LogP contribution < -0.4 is 0 Å². The molecule has 0 spiro atoms. The second-order valence-corrected chi connectivity index (χ2v) is 7.44. The van der Waals surface area contributed by atoms with Crippen LogP contribution in [0.5, 0.6) is 0 Å². The van der Waals surface area contributed by atoms with Gasteiger partial charge in [0.05, 0.1) is 25.5 Å². The van der Waals surface area contributed by atoms with Crippen molar-refractivity contribution in [2.75, 3.05) is 39.4 Å². The average molecular weight is 309 g/mol. The van der Waals surface area contributed by atoms with Gasteiger partial charge < -0.3 is 4.74 Å². The first kappa shape index (κ1) is 15.4. The largest absolute Gasteiger partial charge is 0.379 e. The molecule has 3 rings (SSSR count). The number of hydrogen-bond donors (Lipinski definition) is 0. The lowest BCUT2D eigenvalue weighted by Crippen LogP contribution is -2.51. The van der Waals surface area contributed by atoms with E-state index in [9.17, 15) is 0 Å². The minimum absolute atomic E-state index is 0.539. The first-order valence-corrected chi connectivity index (χ1v) is 9.09. The number of morpholine rings is 1. The van der Waals surface area contributed by atoms with Crippen molar-refractivity contribution in [3.05, 3.63) is 16.1 Å². The molecule has 118 valence electrons. The zero-order chi connectivity index (χ0) is 14.7. The standard InChI is InChI=1S/C16H27N3OS/c1-13(2)15-12-21-16(17-15)11-18-5-3-4-14(10-18)19-6-8-20-9-7-19/h12-14H,3-11H2,1-2H3/t14-/m1/s1. The molecule has 3 heterocycles. The molecule has 1 aromatic heterocycles. The molecule has 21 heavy (non-hydrogen) atoms. The number of rotatable bonds is 4. The van der Waals surface area contributed by atoms with Crippen molar-refractivity contribution >= 4 is 11.3 Å². The van der Waals surface area contributed by atoms with Crippen LogP contribution in [-0.4, -0.2) is 60.2 Å². The third-order valence-corrected chi connectivity index (χ3v) is 5.41. The molecular formula is C16H27N3OS. The maximum absolute atomic E-state index is 5.47. The zero-order valence-corrected chi connectivity index (χ0v) is 14.1. The number of thiazole rings is 1. The highest BCUT2D eigenvalue weighted by atomic mass is 32.1. The van der Waals surface area contributed by atoms with Crippen molar-refractivity contribution in [3.8, 4) is 0 Å². The molecule has 1 aromatic rings. The van der Waals surface area contributed by atoms with Gasteiger partial charge in [-0.25, -0.2) is 4.98 Å². The number of aromatic nitrogens is 1. The molecule has 4 nitrogen and oxygen atoms in total. The summed E-state index contributed by atoms with van der Waals surface area (Å²) >= 11 is 1.82. The van der Waals surface area contributed by atoms with E-state index in [0.29, 0.717) is 12.0 Å². The second kappa shape index (κ2) is 7.18. The Morgan fingerprint density at radius 1 is 1.33 bits per heavy atom. The fraction of sp³-hybridized carbons (Fsp3) is 0.812. The molecule has 0 unspecified atom stereocenters. The van der Waals surface area contributed by atoms with Gasteiger partial charge in [-0.2, -0.15) is 0 Å². The fourth-order valence-electron chi connectivity index (χ4n) is 3.27. The van der Waals surface area contributed by atoms with Crippen molar-refractivity contribution in [3.63, 3.8) is 0 Å². The summed E-state index contributed by atoms with van der Waals surface area (Å²) in [6.07, 6.45) is 2.65. The number of piperidine rings is 1. The molecule has 0 amide bonds.